The van der Waals surface area contributed by atoms with Crippen molar-refractivity contribution in [2.75, 3.05) is 0 Å². The molecule has 4 heteroatoms. The molecule has 3 rings (SSSR count). The second-order valence-corrected chi connectivity index (χ2v) is 17.8. The third-order valence-electron chi connectivity index (χ3n) is 7.34. The molecule has 0 aliphatic rings. The van der Waals surface area contributed by atoms with Gasteiger partial charge >= 0.3 is 0 Å². The van der Waals surface area contributed by atoms with Crippen LogP contribution < -0.4 is 8.85 Å². The molecule has 0 aromatic heterocycles. The van der Waals surface area contributed by atoms with Gasteiger partial charge in [-0.15, -0.1) is 0 Å². The Labute approximate surface area is 184 Å². The highest BCUT2D eigenvalue weighted by atomic mass is 28.4. The minimum atomic E-state index is -1.81. The fourth-order valence-corrected chi connectivity index (χ4v) is 9.81. The van der Waals surface area contributed by atoms with Crippen LogP contribution in [0.15, 0.2) is 48.5 Å². The van der Waals surface area contributed by atoms with Gasteiger partial charge in [-0.25, -0.2) is 0 Å². The Morgan fingerprint density at radius 1 is 0.467 bits per heavy atom. The first-order valence-electron chi connectivity index (χ1n) is 11.8. The SMILES string of the molecule is CC[Si](CC)(CC)Oc1c2ccccc2c(O[Si](CC)(CC)CC)c2ccccc12. The van der Waals surface area contributed by atoms with Gasteiger partial charge in [0.05, 0.1) is 0 Å². The summed E-state index contributed by atoms with van der Waals surface area (Å²) >= 11 is 0. The highest BCUT2D eigenvalue weighted by molar-refractivity contribution is 6.75. The first kappa shape index (κ1) is 22.9. The van der Waals surface area contributed by atoms with Crippen LogP contribution in [0.4, 0.5) is 0 Å². The molecule has 0 aliphatic heterocycles. The molecule has 0 amide bonds. The maximum absolute atomic E-state index is 7.03. The van der Waals surface area contributed by atoms with Crippen molar-refractivity contribution in [1.82, 2.24) is 0 Å². The zero-order valence-electron chi connectivity index (χ0n) is 19.7. The predicted octanol–water partition coefficient (Wildman–Crippen LogP) is 8.76. The molecular formula is C26H38O2Si2. The van der Waals surface area contributed by atoms with Crippen molar-refractivity contribution in [2.45, 2.75) is 77.8 Å². The Kier molecular flexibility index (Phi) is 7.30. The molecule has 0 N–H and O–H groups in total. The summed E-state index contributed by atoms with van der Waals surface area (Å²) < 4.78 is 14.1. The topological polar surface area (TPSA) is 18.5 Å². The Morgan fingerprint density at radius 2 is 0.700 bits per heavy atom. The molecule has 0 heterocycles. The second-order valence-electron chi connectivity index (χ2n) is 8.44. The van der Waals surface area contributed by atoms with E-state index in [1.165, 1.54) is 21.5 Å². The maximum atomic E-state index is 7.03. The molecule has 0 saturated heterocycles. The summed E-state index contributed by atoms with van der Waals surface area (Å²) in [7, 11) is -3.62. The monoisotopic (exact) mass is 438 g/mol. The Bertz CT molecular complexity index is 837. The molecule has 0 bridgehead atoms. The lowest BCUT2D eigenvalue weighted by atomic mass is 10.0. The van der Waals surface area contributed by atoms with Crippen molar-refractivity contribution in [1.29, 1.82) is 0 Å². The summed E-state index contributed by atoms with van der Waals surface area (Å²) in [4.78, 5) is 0. The third kappa shape index (κ3) is 4.04. The van der Waals surface area contributed by atoms with Crippen LogP contribution in [0.2, 0.25) is 36.3 Å². The molecule has 162 valence electrons. The van der Waals surface area contributed by atoms with E-state index in [9.17, 15) is 0 Å². The van der Waals surface area contributed by atoms with E-state index in [0.717, 1.165) is 47.8 Å². The minimum Gasteiger partial charge on any atom is -0.543 e. The van der Waals surface area contributed by atoms with E-state index >= 15 is 0 Å². The molecule has 2 nitrogen and oxygen atoms in total. The van der Waals surface area contributed by atoms with Crippen molar-refractivity contribution >= 4 is 38.2 Å². The Morgan fingerprint density at radius 3 is 0.900 bits per heavy atom. The van der Waals surface area contributed by atoms with Crippen molar-refractivity contribution in [3.63, 3.8) is 0 Å². The summed E-state index contributed by atoms with van der Waals surface area (Å²) in [5.41, 5.74) is 0. The van der Waals surface area contributed by atoms with Gasteiger partial charge in [0.15, 0.2) is 0 Å². The van der Waals surface area contributed by atoms with Gasteiger partial charge in [0, 0.05) is 21.5 Å². The van der Waals surface area contributed by atoms with Gasteiger partial charge in [-0.2, -0.15) is 0 Å². The first-order chi connectivity index (χ1) is 14.5. The Balaban J connectivity index is 2.33. The molecule has 3 aromatic rings. The summed E-state index contributed by atoms with van der Waals surface area (Å²) in [6, 6.07) is 24.2. The molecule has 0 fully saturated rings. The molecule has 0 radical (unpaired) electrons. The number of rotatable bonds is 10. The largest absolute Gasteiger partial charge is 0.543 e. The summed E-state index contributed by atoms with van der Waals surface area (Å²) in [6.45, 7) is 13.8. The molecule has 30 heavy (non-hydrogen) atoms. The average molecular weight is 439 g/mol. The number of benzene rings is 3. The van der Waals surface area contributed by atoms with E-state index in [-0.39, 0.29) is 0 Å². The van der Waals surface area contributed by atoms with Crippen LogP contribution in [0, 0.1) is 0 Å². The molecule has 0 spiro atoms. The Hall–Kier alpha value is -1.79. The molecule has 0 saturated carbocycles. The average Bonchev–Trinajstić information content (AvgIpc) is 2.82. The molecule has 0 atom stereocenters. The van der Waals surface area contributed by atoms with E-state index in [1.54, 1.807) is 0 Å². The van der Waals surface area contributed by atoms with Gasteiger partial charge in [-0.1, -0.05) is 90.1 Å². The van der Waals surface area contributed by atoms with Crippen LogP contribution >= 0.6 is 0 Å². The lowest BCUT2D eigenvalue weighted by Gasteiger charge is -2.33. The minimum absolute atomic E-state index is 1.07. The van der Waals surface area contributed by atoms with Gasteiger partial charge in [0.2, 0.25) is 0 Å². The number of fused-ring (bicyclic) bond motifs is 2. The lowest BCUT2D eigenvalue weighted by Crippen LogP contribution is -2.40. The summed E-state index contributed by atoms with van der Waals surface area (Å²) in [6.07, 6.45) is 0. The molecular weight excluding hydrogens is 400 g/mol. The van der Waals surface area contributed by atoms with E-state index < -0.39 is 16.6 Å². The van der Waals surface area contributed by atoms with Crippen LogP contribution in [0.3, 0.4) is 0 Å². The predicted molar refractivity (Wildman–Crippen MR) is 137 cm³/mol. The summed E-state index contributed by atoms with van der Waals surface area (Å²) in [5.74, 6) is 2.14. The van der Waals surface area contributed by atoms with Crippen LogP contribution in [0.5, 0.6) is 11.5 Å². The maximum Gasteiger partial charge on any atom is 0.250 e. The smallest absolute Gasteiger partial charge is 0.250 e. The highest BCUT2D eigenvalue weighted by Crippen LogP contribution is 2.45. The van der Waals surface area contributed by atoms with Crippen molar-refractivity contribution in [3.8, 4) is 11.5 Å². The molecule has 0 unspecified atom stereocenters. The molecule has 0 aliphatic carbocycles. The van der Waals surface area contributed by atoms with Crippen molar-refractivity contribution < 1.29 is 8.85 Å². The van der Waals surface area contributed by atoms with Crippen LogP contribution in [-0.4, -0.2) is 16.6 Å². The molecule has 3 aromatic carbocycles. The van der Waals surface area contributed by atoms with E-state index in [4.69, 9.17) is 8.85 Å². The normalized spacial score (nSPS) is 12.5. The first-order valence-corrected chi connectivity index (χ1v) is 16.9. The fourth-order valence-electron chi connectivity index (χ4n) is 4.63. The summed E-state index contributed by atoms with van der Waals surface area (Å²) in [5, 5.41) is 4.79. The van der Waals surface area contributed by atoms with Crippen molar-refractivity contribution in [2.24, 2.45) is 0 Å². The van der Waals surface area contributed by atoms with Crippen LogP contribution in [0.25, 0.3) is 21.5 Å². The standard InChI is InChI=1S/C26H38O2Si2/c1-7-29(8-2,9-3)27-25-21-17-13-15-19-23(21)26(24-20-16-14-18-22(24)25)28-30(10-4,11-5)12-6/h13-20H,7-12H2,1-6H3. The number of hydrogen-bond acceptors (Lipinski definition) is 2. The second kappa shape index (κ2) is 9.57. The zero-order chi connectivity index (χ0) is 21.8. The highest BCUT2D eigenvalue weighted by Gasteiger charge is 2.34. The lowest BCUT2D eigenvalue weighted by molar-refractivity contribution is 0.535. The van der Waals surface area contributed by atoms with E-state index in [1.807, 2.05) is 0 Å². The van der Waals surface area contributed by atoms with Crippen molar-refractivity contribution in [3.05, 3.63) is 48.5 Å². The van der Waals surface area contributed by atoms with Gasteiger partial charge in [-0.3, -0.25) is 0 Å². The van der Waals surface area contributed by atoms with Gasteiger partial charge in [-0.05, 0) is 36.3 Å². The van der Waals surface area contributed by atoms with Gasteiger partial charge in [0.1, 0.15) is 11.5 Å². The van der Waals surface area contributed by atoms with E-state index in [0.29, 0.717) is 0 Å². The quantitative estimate of drug-likeness (QED) is 0.232. The third-order valence-corrected chi connectivity index (χ3v) is 16.3. The van der Waals surface area contributed by atoms with Gasteiger partial charge < -0.3 is 8.85 Å². The van der Waals surface area contributed by atoms with E-state index in [2.05, 4.69) is 90.1 Å². The zero-order valence-corrected chi connectivity index (χ0v) is 21.7. The number of hydrogen-bond donors (Lipinski definition) is 0. The fraction of sp³-hybridized carbons (Fsp3) is 0.462. The van der Waals surface area contributed by atoms with Crippen LogP contribution in [0.1, 0.15) is 41.5 Å². The van der Waals surface area contributed by atoms with Gasteiger partial charge in [0.25, 0.3) is 16.6 Å². The van der Waals surface area contributed by atoms with Crippen LogP contribution in [-0.2, 0) is 0 Å².